The molecule has 8 rings (SSSR count). The van der Waals surface area contributed by atoms with Crippen LogP contribution in [0, 0.1) is 0 Å². The molecule has 0 aliphatic carbocycles. The number of amides is 3. The summed E-state index contributed by atoms with van der Waals surface area (Å²) in [6.07, 6.45) is -4.35. The van der Waals surface area contributed by atoms with E-state index >= 15 is 0 Å². The molecule has 320 valence electrons. The van der Waals surface area contributed by atoms with Crippen LogP contribution >= 0.6 is 0 Å². The van der Waals surface area contributed by atoms with Crippen LogP contribution in [-0.2, 0) is 49.1 Å². The SMILES string of the molecule is Cn1c(S(=O)N2CCC(Nc3ncc(C(F)(F)F)c(-c4cnn(CC(F)(F)F)c4)n3)CC2)cnc1CN1CCN(c2ccc3c(N4CCC(=O)NC4=O)nn(C)c3c2)CC1. The van der Waals surface area contributed by atoms with Crippen LogP contribution in [0.1, 0.15) is 30.7 Å². The first kappa shape index (κ1) is 41.1. The number of rotatable bonds is 10. The maximum atomic E-state index is 13.8. The largest absolute Gasteiger partial charge is 0.419 e. The number of imidazole rings is 1. The summed E-state index contributed by atoms with van der Waals surface area (Å²) in [4.78, 5) is 42.7. The molecule has 2 N–H and O–H groups in total. The number of aromatic nitrogens is 8. The Labute approximate surface area is 340 Å². The number of benzene rings is 1. The highest BCUT2D eigenvalue weighted by Gasteiger charge is 2.37. The van der Waals surface area contributed by atoms with Crippen molar-refractivity contribution < 1.29 is 40.1 Å². The highest BCUT2D eigenvalue weighted by Crippen LogP contribution is 2.37. The van der Waals surface area contributed by atoms with Crippen molar-refractivity contribution in [1.82, 2.24) is 53.6 Å². The van der Waals surface area contributed by atoms with Gasteiger partial charge in [0, 0.05) is 101 Å². The van der Waals surface area contributed by atoms with E-state index in [9.17, 15) is 40.1 Å². The van der Waals surface area contributed by atoms with Crippen molar-refractivity contribution >= 4 is 51.3 Å². The topological polar surface area (TPSA) is 167 Å². The molecule has 3 aliphatic heterocycles. The van der Waals surface area contributed by atoms with Gasteiger partial charge < -0.3 is 14.8 Å². The molecule has 0 spiro atoms. The van der Waals surface area contributed by atoms with Crippen molar-refractivity contribution in [2.24, 2.45) is 14.1 Å². The minimum Gasteiger partial charge on any atom is -0.369 e. The minimum atomic E-state index is -4.86. The van der Waals surface area contributed by atoms with E-state index in [0.717, 1.165) is 61.0 Å². The molecule has 0 saturated carbocycles. The van der Waals surface area contributed by atoms with Crippen molar-refractivity contribution in [2.45, 2.75) is 55.8 Å². The molecule has 4 aromatic heterocycles. The van der Waals surface area contributed by atoms with Crippen molar-refractivity contribution in [3.8, 4) is 11.3 Å². The molecule has 24 heteroatoms. The number of hydrogen-bond acceptors (Lipinski definition) is 11. The van der Waals surface area contributed by atoms with Crippen LogP contribution in [0.2, 0.25) is 0 Å². The number of alkyl halides is 6. The van der Waals surface area contributed by atoms with Crippen molar-refractivity contribution in [2.75, 3.05) is 60.9 Å². The molecule has 3 fully saturated rings. The van der Waals surface area contributed by atoms with Crippen LogP contribution in [0.15, 0.2) is 48.0 Å². The Morgan fingerprint density at radius 1 is 0.933 bits per heavy atom. The molecule has 7 heterocycles. The summed E-state index contributed by atoms with van der Waals surface area (Å²) in [7, 11) is 2.11. The zero-order valence-corrected chi connectivity index (χ0v) is 33.2. The van der Waals surface area contributed by atoms with E-state index in [4.69, 9.17) is 0 Å². The number of aryl methyl sites for hydroxylation is 1. The first-order chi connectivity index (χ1) is 28.5. The number of piperidine rings is 1. The predicted octanol–water partition coefficient (Wildman–Crippen LogP) is 3.91. The van der Waals surface area contributed by atoms with Gasteiger partial charge in [-0.15, -0.1) is 0 Å². The number of nitrogens with zero attached hydrogens (tertiary/aromatic N) is 12. The number of hydrogen-bond donors (Lipinski definition) is 2. The fraction of sp³-hybridized carbons (Fsp3) is 0.472. The maximum absolute atomic E-state index is 13.8. The number of imide groups is 1. The molecule has 17 nitrogen and oxygen atoms in total. The summed E-state index contributed by atoms with van der Waals surface area (Å²) >= 11 is 0. The first-order valence-electron chi connectivity index (χ1n) is 19.0. The van der Waals surface area contributed by atoms with Crippen molar-refractivity contribution in [1.29, 1.82) is 0 Å². The lowest BCUT2D eigenvalue weighted by Gasteiger charge is -2.36. The van der Waals surface area contributed by atoms with Gasteiger partial charge in [-0.05, 0) is 31.0 Å². The lowest BCUT2D eigenvalue weighted by atomic mass is 10.1. The number of carbonyl (C=O) groups is 2. The summed E-state index contributed by atoms with van der Waals surface area (Å²) in [6.45, 7) is 3.16. The monoisotopic (exact) mass is 862 g/mol. The third-order valence-corrected chi connectivity index (χ3v) is 12.4. The number of carbonyl (C=O) groups excluding carboxylic acids is 2. The number of anilines is 3. The van der Waals surface area contributed by atoms with Gasteiger partial charge in [0.15, 0.2) is 5.82 Å². The number of urea groups is 1. The lowest BCUT2D eigenvalue weighted by molar-refractivity contribution is -0.142. The Kier molecular flexibility index (Phi) is 11.0. The fourth-order valence-electron chi connectivity index (χ4n) is 7.61. The van der Waals surface area contributed by atoms with Gasteiger partial charge in [-0.3, -0.25) is 29.3 Å². The first-order valence-corrected chi connectivity index (χ1v) is 20.1. The summed E-state index contributed by atoms with van der Waals surface area (Å²) in [6, 6.07) is 5.27. The Morgan fingerprint density at radius 2 is 1.68 bits per heavy atom. The van der Waals surface area contributed by atoms with E-state index in [0.29, 0.717) is 54.2 Å². The second-order valence-corrected chi connectivity index (χ2v) is 16.3. The molecule has 1 aromatic carbocycles. The van der Waals surface area contributed by atoms with E-state index in [1.807, 2.05) is 30.8 Å². The Balaban J connectivity index is 0.846. The molecule has 3 aliphatic rings. The molecule has 0 bridgehead atoms. The standard InChI is InChI=1S/C36H40F6N14O3S/c1-50-28(20-52-11-13-53(14-12-52)24-3-4-25-27(15-24)51(2)49-32(25)56-10-7-29(57)47-34(56)58)43-18-30(50)60(59)55-8-5-23(6-9-55)46-33-44-17-26(36(40,41)42)31(48-33)22-16-45-54(19-22)21-35(37,38)39/h3-4,15-19,23H,5-14,20-21H2,1-2H3,(H,44,46,48)(H,47,57,58). The predicted molar refractivity (Wildman–Crippen MR) is 206 cm³/mol. The summed E-state index contributed by atoms with van der Waals surface area (Å²) in [5.74, 6) is 0.844. The zero-order chi connectivity index (χ0) is 42.5. The van der Waals surface area contributed by atoms with E-state index in [2.05, 4.69) is 51.6 Å². The summed E-state index contributed by atoms with van der Waals surface area (Å²) < 4.78 is 99.6. The molecule has 3 amide bonds. The van der Waals surface area contributed by atoms with Crippen LogP contribution in [0.4, 0.5) is 48.6 Å². The van der Waals surface area contributed by atoms with Gasteiger partial charge in [0.1, 0.15) is 33.9 Å². The lowest BCUT2D eigenvalue weighted by Crippen LogP contribution is -2.49. The van der Waals surface area contributed by atoms with Gasteiger partial charge in [-0.1, -0.05) is 0 Å². The fourth-order valence-corrected chi connectivity index (χ4v) is 8.90. The van der Waals surface area contributed by atoms with E-state index in [1.165, 1.54) is 4.90 Å². The van der Waals surface area contributed by atoms with Gasteiger partial charge in [0.05, 0.1) is 30.1 Å². The quantitative estimate of drug-likeness (QED) is 0.196. The van der Waals surface area contributed by atoms with Crippen LogP contribution in [0.5, 0.6) is 0 Å². The van der Waals surface area contributed by atoms with E-state index < -0.39 is 47.2 Å². The van der Waals surface area contributed by atoms with Crippen molar-refractivity contribution in [3.63, 3.8) is 0 Å². The third-order valence-electron chi connectivity index (χ3n) is 10.8. The zero-order valence-electron chi connectivity index (χ0n) is 32.4. The number of piperazine rings is 1. The van der Waals surface area contributed by atoms with E-state index in [-0.39, 0.29) is 36.4 Å². The summed E-state index contributed by atoms with van der Waals surface area (Å²) in [5.41, 5.74) is -0.141. The second-order valence-electron chi connectivity index (χ2n) is 14.8. The molecular weight excluding hydrogens is 823 g/mol. The van der Waals surface area contributed by atoms with Gasteiger partial charge in [0.2, 0.25) is 11.9 Å². The molecule has 3 saturated heterocycles. The third kappa shape index (κ3) is 8.66. The molecule has 1 unspecified atom stereocenters. The molecular formula is C36H40F6N14O3S. The van der Waals surface area contributed by atoms with Gasteiger partial charge in [0.25, 0.3) is 0 Å². The van der Waals surface area contributed by atoms with Crippen LogP contribution < -0.4 is 20.4 Å². The van der Waals surface area contributed by atoms with E-state index in [1.54, 1.807) is 15.2 Å². The molecule has 1 atom stereocenters. The normalized spacial score (nSPS) is 18.4. The maximum Gasteiger partial charge on any atom is 0.419 e. The average molecular weight is 863 g/mol. The highest BCUT2D eigenvalue weighted by molar-refractivity contribution is 7.82. The Bertz CT molecular complexity index is 2430. The van der Waals surface area contributed by atoms with Crippen molar-refractivity contribution in [3.05, 3.63) is 54.4 Å². The smallest absolute Gasteiger partial charge is 0.369 e. The Hall–Kier alpha value is -5.62. The minimum absolute atomic E-state index is 0.119. The van der Waals surface area contributed by atoms with Crippen LogP contribution in [0.25, 0.3) is 22.2 Å². The number of halogens is 6. The van der Waals surface area contributed by atoms with Gasteiger partial charge in [-0.2, -0.15) is 36.5 Å². The van der Waals surface area contributed by atoms with Crippen LogP contribution in [0.3, 0.4) is 0 Å². The van der Waals surface area contributed by atoms with Crippen LogP contribution in [-0.4, -0.2) is 122 Å². The Morgan fingerprint density at radius 3 is 2.38 bits per heavy atom. The molecule has 5 aromatic rings. The highest BCUT2D eigenvalue weighted by atomic mass is 32.2. The number of fused-ring (bicyclic) bond motifs is 1. The second kappa shape index (κ2) is 16.1. The number of nitrogens with one attached hydrogen (secondary N) is 2. The van der Waals surface area contributed by atoms with Gasteiger partial charge >= 0.3 is 18.4 Å². The van der Waals surface area contributed by atoms with Gasteiger partial charge in [-0.25, -0.2) is 28.3 Å². The molecule has 0 radical (unpaired) electrons. The summed E-state index contributed by atoms with van der Waals surface area (Å²) in [5, 5.41) is 14.9. The molecule has 60 heavy (non-hydrogen) atoms. The average Bonchev–Trinajstić information content (AvgIpc) is 3.90.